The normalized spacial score (nSPS) is 12.1. The van der Waals surface area contributed by atoms with Gasteiger partial charge in [-0.25, -0.2) is 0 Å². The van der Waals surface area contributed by atoms with Crippen LogP contribution in [-0.2, 0) is 0 Å². The lowest BCUT2D eigenvalue weighted by atomic mass is 10.0. The Balaban J connectivity index is 2.38. The van der Waals surface area contributed by atoms with Crippen molar-refractivity contribution in [2.24, 2.45) is 0 Å². The van der Waals surface area contributed by atoms with Crippen LogP contribution >= 0.6 is 0 Å². The molecule has 1 atom stereocenters. The summed E-state index contributed by atoms with van der Waals surface area (Å²) in [5.74, 6) is 0.852. The van der Waals surface area contributed by atoms with Gasteiger partial charge in [-0.1, -0.05) is 38.0 Å². The molecule has 1 unspecified atom stereocenters. The van der Waals surface area contributed by atoms with Gasteiger partial charge >= 0.3 is 0 Å². The van der Waals surface area contributed by atoms with Crippen molar-refractivity contribution in [1.29, 1.82) is 0 Å². The second-order valence-electron chi connectivity index (χ2n) is 4.86. The summed E-state index contributed by atoms with van der Waals surface area (Å²) in [6, 6.07) is 7.80. The van der Waals surface area contributed by atoms with E-state index in [2.05, 4.69) is 13.5 Å². The Kier molecular flexibility index (Phi) is 7.99. The van der Waals surface area contributed by atoms with Crippen LogP contribution in [0.5, 0.6) is 5.75 Å². The molecule has 0 aliphatic heterocycles. The molecule has 0 bridgehead atoms. The molecule has 0 heterocycles. The molecule has 1 aromatic carbocycles. The van der Waals surface area contributed by atoms with E-state index in [-0.39, 0.29) is 6.10 Å². The van der Waals surface area contributed by atoms with E-state index in [1.165, 1.54) is 0 Å². The van der Waals surface area contributed by atoms with Crippen molar-refractivity contribution in [1.82, 2.24) is 0 Å². The van der Waals surface area contributed by atoms with E-state index in [9.17, 15) is 5.11 Å². The third-order valence-corrected chi connectivity index (χ3v) is 3.10. The SMILES string of the molecule is C=CCCCCCC(O)c1cccc(OCCC)c1. The highest BCUT2D eigenvalue weighted by Crippen LogP contribution is 2.23. The number of hydrogen-bond acceptors (Lipinski definition) is 2. The van der Waals surface area contributed by atoms with Crippen molar-refractivity contribution in [2.75, 3.05) is 6.61 Å². The maximum Gasteiger partial charge on any atom is 0.119 e. The number of ether oxygens (including phenoxy) is 1. The van der Waals surface area contributed by atoms with Gasteiger partial charge in [0, 0.05) is 0 Å². The first-order chi connectivity index (χ1) is 9.27. The maximum atomic E-state index is 10.2. The first-order valence-corrected chi connectivity index (χ1v) is 7.29. The van der Waals surface area contributed by atoms with E-state index in [4.69, 9.17) is 4.74 Å². The van der Waals surface area contributed by atoms with E-state index >= 15 is 0 Å². The first-order valence-electron chi connectivity index (χ1n) is 7.29. The standard InChI is InChI=1S/C17H26O2/c1-3-5-6-7-8-12-17(18)15-10-9-11-16(14-15)19-13-4-2/h3,9-11,14,17-18H,1,4-8,12-13H2,2H3. The molecular formula is C17H26O2. The summed E-state index contributed by atoms with van der Waals surface area (Å²) in [4.78, 5) is 0. The largest absolute Gasteiger partial charge is 0.494 e. The second-order valence-corrected chi connectivity index (χ2v) is 4.86. The Morgan fingerprint density at radius 2 is 2.16 bits per heavy atom. The molecule has 2 heteroatoms. The monoisotopic (exact) mass is 262 g/mol. The van der Waals surface area contributed by atoms with Crippen LogP contribution in [0.1, 0.15) is 57.1 Å². The summed E-state index contributed by atoms with van der Waals surface area (Å²) in [7, 11) is 0. The van der Waals surface area contributed by atoms with E-state index in [1.54, 1.807) is 0 Å². The fourth-order valence-corrected chi connectivity index (χ4v) is 2.00. The van der Waals surface area contributed by atoms with E-state index < -0.39 is 0 Å². The van der Waals surface area contributed by atoms with Crippen LogP contribution in [0.25, 0.3) is 0 Å². The molecular weight excluding hydrogens is 236 g/mol. The highest BCUT2D eigenvalue weighted by molar-refractivity contribution is 5.29. The average molecular weight is 262 g/mol. The van der Waals surface area contributed by atoms with Gasteiger partial charge in [0.2, 0.25) is 0 Å². The minimum atomic E-state index is -0.381. The summed E-state index contributed by atoms with van der Waals surface area (Å²) < 4.78 is 5.58. The molecule has 2 nitrogen and oxygen atoms in total. The predicted molar refractivity (Wildman–Crippen MR) is 80.5 cm³/mol. The van der Waals surface area contributed by atoms with Gasteiger partial charge in [-0.3, -0.25) is 0 Å². The maximum absolute atomic E-state index is 10.2. The molecule has 1 N–H and O–H groups in total. The minimum absolute atomic E-state index is 0.381. The van der Waals surface area contributed by atoms with E-state index in [0.717, 1.165) is 56.4 Å². The van der Waals surface area contributed by atoms with Crippen LogP contribution in [0.3, 0.4) is 0 Å². The van der Waals surface area contributed by atoms with E-state index in [0.29, 0.717) is 0 Å². The van der Waals surface area contributed by atoms with Crippen molar-refractivity contribution in [3.8, 4) is 5.75 Å². The molecule has 0 aromatic heterocycles. The first kappa shape index (κ1) is 15.8. The summed E-state index contributed by atoms with van der Waals surface area (Å²) >= 11 is 0. The zero-order valence-electron chi connectivity index (χ0n) is 12.0. The molecule has 0 aliphatic rings. The highest BCUT2D eigenvalue weighted by Gasteiger charge is 2.08. The molecule has 0 radical (unpaired) electrons. The Morgan fingerprint density at radius 1 is 1.32 bits per heavy atom. The van der Waals surface area contributed by atoms with Crippen LogP contribution in [0.15, 0.2) is 36.9 Å². The summed E-state index contributed by atoms with van der Waals surface area (Å²) in [6.45, 7) is 6.52. The lowest BCUT2D eigenvalue weighted by Gasteiger charge is -2.12. The number of allylic oxidation sites excluding steroid dienone is 1. The third kappa shape index (κ3) is 6.44. The molecule has 0 fully saturated rings. The van der Waals surface area contributed by atoms with E-state index in [1.807, 2.05) is 30.3 Å². The Morgan fingerprint density at radius 3 is 2.89 bits per heavy atom. The molecule has 0 saturated heterocycles. The quantitative estimate of drug-likeness (QED) is 0.491. The van der Waals surface area contributed by atoms with Crippen molar-refractivity contribution in [2.45, 2.75) is 51.6 Å². The smallest absolute Gasteiger partial charge is 0.119 e. The molecule has 0 aliphatic carbocycles. The predicted octanol–water partition coefficient (Wildman–Crippen LogP) is 4.65. The zero-order chi connectivity index (χ0) is 13.9. The van der Waals surface area contributed by atoms with Gasteiger partial charge in [-0.2, -0.15) is 0 Å². The Hall–Kier alpha value is -1.28. The van der Waals surface area contributed by atoms with Crippen LogP contribution in [-0.4, -0.2) is 11.7 Å². The van der Waals surface area contributed by atoms with Gasteiger partial charge < -0.3 is 9.84 Å². The van der Waals surface area contributed by atoms with Gasteiger partial charge in [-0.15, -0.1) is 6.58 Å². The molecule has 0 saturated carbocycles. The Bertz CT molecular complexity index is 360. The Labute approximate surface area is 117 Å². The highest BCUT2D eigenvalue weighted by atomic mass is 16.5. The van der Waals surface area contributed by atoms with Gasteiger partial charge in [0.25, 0.3) is 0 Å². The van der Waals surface area contributed by atoms with Crippen molar-refractivity contribution >= 4 is 0 Å². The summed E-state index contributed by atoms with van der Waals surface area (Å²) in [5.41, 5.74) is 0.956. The van der Waals surface area contributed by atoms with Gasteiger partial charge in [0.15, 0.2) is 0 Å². The fourth-order valence-electron chi connectivity index (χ4n) is 2.00. The molecule has 19 heavy (non-hydrogen) atoms. The van der Waals surface area contributed by atoms with Crippen molar-refractivity contribution in [3.63, 3.8) is 0 Å². The number of unbranched alkanes of at least 4 members (excludes halogenated alkanes) is 3. The van der Waals surface area contributed by atoms with Gasteiger partial charge in [-0.05, 0) is 43.4 Å². The molecule has 1 rings (SSSR count). The van der Waals surface area contributed by atoms with Crippen LogP contribution < -0.4 is 4.74 Å². The van der Waals surface area contributed by atoms with Crippen LogP contribution in [0.4, 0.5) is 0 Å². The molecule has 0 amide bonds. The molecule has 0 spiro atoms. The number of rotatable bonds is 10. The fraction of sp³-hybridized carbons (Fsp3) is 0.529. The van der Waals surface area contributed by atoms with Crippen molar-refractivity contribution < 1.29 is 9.84 Å². The zero-order valence-corrected chi connectivity index (χ0v) is 12.0. The number of benzene rings is 1. The number of hydrogen-bond donors (Lipinski definition) is 1. The second kappa shape index (κ2) is 9.62. The van der Waals surface area contributed by atoms with Gasteiger partial charge in [0.1, 0.15) is 5.75 Å². The van der Waals surface area contributed by atoms with Crippen LogP contribution in [0, 0.1) is 0 Å². The number of aliphatic hydroxyl groups excluding tert-OH is 1. The molecule has 1 aromatic rings. The van der Waals surface area contributed by atoms with Crippen molar-refractivity contribution in [3.05, 3.63) is 42.5 Å². The number of aliphatic hydroxyl groups is 1. The lowest BCUT2D eigenvalue weighted by Crippen LogP contribution is -2.00. The lowest BCUT2D eigenvalue weighted by molar-refractivity contribution is 0.163. The third-order valence-electron chi connectivity index (χ3n) is 3.10. The summed E-state index contributed by atoms with van der Waals surface area (Å²) in [6.07, 6.45) is 7.81. The topological polar surface area (TPSA) is 29.5 Å². The molecule has 106 valence electrons. The minimum Gasteiger partial charge on any atom is -0.494 e. The van der Waals surface area contributed by atoms with Gasteiger partial charge in [0.05, 0.1) is 12.7 Å². The summed E-state index contributed by atoms with van der Waals surface area (Å²) in [5, 5.41) is 10.2. The van der Waals surface area contributed by atoms with Crippen LogP contribution in [0.2, 0.25) is 0 Å². The average Bonchev–Trinajstić information content (AvgIpc) is 2.45.